The van der Waals surface area contributed by atoms with E-state index >= 15 is 0 Å². The minimum Gasteiger partial charge on any atom is -0.380 e. The van der Waals surface area contributed by atoms with Crippen LogP contribution in [0.4, 0.5) is 0 Å². The summed E-state index contributed by atoms with van der Waals surface area (Å²) in [5.74, 6) is -1.13. The minimum absolute atomic E-state index is 1.13. The van der Waals surface area contributed by atoms with Gasteiger partial charge in [0.05, 0.1) is 0 Å². The molecule has 0 aliphatic carbocycles. The summed E-state index contributed by atoms with van der Waals surface area (Å²) < 4.78 is 0. The molecule has 0 bridgehead atoms. The zero-order chi connectivity index (χ0) is 7.98. The first kappa shape index (κ1) is 9.79. The summed E-state index contributed by atoms with van der Waals surface area (Å²) in [4.78, 5) is 16.8. The molecule has 1 atom stereocenters. The van der Waals surface area contributed by atoms with Crippen LogP contribution in [0.2, 0.25) is 0 Å². The normalized spacial score (nSPS) is 15.7. The largest absolute Gasteiger partial charge is 0.380 e. The van der Waals surface area contributed by atoms with Crippen molar-refractivity contribution in [3.05, 3.63) is 24.3 Å². The van der Waals surface area contributed by atoms with Crippen molar-refractivity contribution in [2.24, 2.45) is 0 Å². The highest BCUT2D eigenvalue weighted by atomic mass is 31.2. The smallest absolute Gasteiger partial charge is 0.200 e. The van der Waals surface area contributed by atoms with E-state index in [1.54, 1.807) is 18.2 Å². The summed E-state index contributed by atoms with van der Waals surface area (Å²) in [5.41, 5.74) is 0. The summed E-state index contributed by atoms with van der Waals surface area (Å²) in [6, 6.07) is 0. The first-order valence-corrected chi connectivity index (χ1v) is 4.14. The number of aliphatic hydroxyl groups excluding tert-OH is 1. The maximum atomic E-state index is 8.76. The Bertz CT molecular complexity index is 131. The zero-order valence-electron chi connectivity index (χ0n) is 5.68. The lowest BCUT2D eigenvalue weighted by Crippen LogP contribution is -1.97. The number of hydrogen-bond acceptors (Lipinski definition) is 3. The first-order chi connectivity index (χ1) is 4.68. The van der Waals surface area contributed by atoms with Crippen molar-refractivity contribution in [3.63, 3.8) is 0 Å². The molecule has 4 heteroatoms. The molecule has 0 aromatic carbocycles. The molecule has 3 nitrogen and oxygen atoms in total. The summed E-state index contributed by atoms with van der Waals surface area (Å²) in [6.07, 6.45) is 6.36. The standard InChI is InChI=1S/C6H11O3P/c1-2-3-4-5-6(7)10(8)9/h2-9H,1H3. The SMILES string of the molecule is CC=CC=CC(O)P(O)O. The molecule has 58 valence electrons. The van der Waals surface area contributed by atoms with Crippen molar-refractivity contribution in [3.8, 4) is 0 Å². The van der Waals surface area contributed by atoms with E-state index in [9.17, 15) is 0 Å². The number of hydrogen-bond donors (Lipinski definition) is 3. The molecular formula is C6H11O3P. The van der Waals surface area contributed by atoms with Gasteiger partial charge in [0.25, 0.3) is 0 Å². The highest BCUT2D eigenvalue weighted by Crippen LogP contribution is 2.29. The van der Waals surface area contributed by atoms with Gasteiger partial charge in [0.15, 0.2) is 8.38 Å². The van der Waals surface area contributed by atoms with E-state index in [2.05, 4.69) is 0 Å². The third kappa shape index (κ3) is 4.65. The lowest BCUT2D eigenvalue weighted by molar-refractivity contribution is 0.270. The van der Waals surface area contributed by atoms with Crippen LogP contribution in [0.25, 0.3) is 0 Å². The summed E-state index contributed by atoms with van der Waals surface area (Å²) in [5, 5.41) is 8.76. The molecule has 0 radical (unpaired) electrons. The van der Waals surface area contributed by atoms with E-state index in [-0.39, 0.29) is 0 Å². The Hall–Kier alpha value is -0.210. The van der Waals surface area contributed by atoms with Crippen LogP contribution in [-0.4, -0.2) is 20.7 Å². The van der Waals surface area contributed by atoms with Gasteiger partial charge in [-0.2, -0.15) is 0 Å². The van der Waals surface area contributed by atoms with E-state index in [1.165, 1.54) is 6.08 Å². The van der Waals surface area contributed by atoms with Crippen LogP contribution in [0.3, 0.4) is 0 Å². The highest BCUT2D eigenvalue weighted by Gasteiger charge is 2.07. The first-order valence-electron chi connectivity index (χ1n) is 2.83. The van der Waals surface area contributed by atoms with Crippen molar-refractivity contribution in [1.29, 1.82) is 0 Å². The quantitative estimate of drug-likeness (QED) is 0.423. The molecule has 0 aliphatic heterocycles. The third-order valence-electron chi connectivity index (χ3n) is 0.823. The van der Waals surface area contributed by atoms with Gasteiger partial charge in [0.2, 0.25) is 0 Å². The Morgan fingerprint density at radius 1 is 1.30 bits per heavy atom. The van der Waals surface area contributed by atoms with Gasteiger partial charge in [0, 0.05) is 0 Å². The summed E-state index contributed by atoms with van der Waals surface area (Å²) >= 11 is 0. The number of rotatable bonds is 3. The topological polar surface area (TPSA) is 60.7 Å². The predicted octanol–water partition coefficient (Wildman–Crippen LogP) is 0.734. The summed E-state index contributed by atoms with van der Waals surface area (Å²) in [6.45, 7) is 1.83. The van der Waals surface area contributed by atoms with Gasteiger partial charge in [-0.3, -0.25) is 0 Å². The number of allylic oxidation sites excluding steroid dienone is 3. The Balaban J connectivity index is 3.66. The van der Waals surface area contributed by atoms with Gasteiger partial charge in [-0.15, -0.1) is 0 Å². The van der Waals surface area contributed by atoms with E-state index in [4.69, 9.17) is 14.9 Å². The molecule has 0 rings (SSSR count). The second kappa shape index (κ2) is 5.57. The number of aliphatic hydroxyl groups is 1. The molecule has 3 N–H and O–H groups in total. The van der Waals surface area contributed by atoms with Gasteiger partial charge < -0.3 is 14.9 Å². The van der Waals surface area contributed by atoms with Crippen molar-refractivity contribution in [2.75, 3.05) is 0 Å². The molecule has 0 spiro atoms. The Morgan fingerprint density at radius 3 is 2.30 bits per heavy atom. The Kier molecular flexibility index (Phi) is 5.45. The van der Waals surface area contributed by atoms with Crippen LogP contribution in [-0.2, 0) is 0 Å². The molecule has 0 fully saturated rings. The van der Waals surface area contributed by atoms with Crippen molar-refractivity contribution in [2.45, 2.75) is 12.8 Å². The molecule has 0 amide bonds. The summed E-state index contributed by atoms with van der Waals surface area (Å²) in [7, 11) is -2.24. The fourth-order valence-corrected chi connectivity index (χ4v) is 0.605. The van der Waals surface area contributed by atoms with Crippen molar-refractivity contribution in [1.82, 2.24) is 0 Å². The fourth-order valence-electron chi connectivity index (χ4n) is 0.352. The second-order valence-corrected chi connectivity index (χ2v) is 2.81. The van der Waals surface area contributed by atoms with Crippen LogP contribution >= 0.6 is 8.38 Å². The van der Waals surface area contributed by atoms with Crippen LogP contribution in [0.1, 0.15) is 6.92 Å². The lowest BCUT2D eigenvalue weighted by Gasteiger charge is -2.03. The van der Waals surface area contributed by atoms with Gasteiger partial charge >= 0.3 is 0 Å². The zero-order valence-corrected chi connectivity index (χ0v) is 6.57. The Morgan fingerprint density at radius 2 is 1.90 bits per heavy atom. The highest BCUT2D eigenvalue weighted by molar-refractivity contribution is 7.45. The van der Waals surface area contributed by atoms with Crippen molar-refractivity contribution >= 4 is 8.38 Å². The van der Waals surface area contributed by atoms with E-state index < -0.39 is 14.2 Å². The van der Waals surface area contributed by atoms with Crippen LogP contribution in [0.5, 0.6) is 0 Å². The molecule has 0 saturated heterocycles. The molecular weight excluding hydrogens is 151 g/mol. The fraction of sp³-hybridized carbons (Fsp3) is 0.333. The third-order valence-corrected chi connectivity index (χ3v) is 1.47. The molecule has 0 saturated carbocycles. The molecule has 0 heterocycles. The van der Waals surface area contributed by atoms with Gasteiger partial charge in [-0.1, -0.05) is 18.2 Å². The monoisotopic (exact) mass is 162 g/mol. The molecule has 0 aromatic heterocycles. The maximum absolute atomic E-state index is 8.76. The average molecular weight is 162 g/mol. The van der Waals surface area contributed by atoms with Gasteiger partial charge in [-0.25, -0.2) is 0 Å². The predicted molar refractivity (Wildman–Crippen MR) is 41.3 cm³/mol. The molecule has 1 unspecified atom stereocenters. The van der Waals surface area contributed by atoms with Crippen LogP contribution in [0, 0.1) is 0 Å². The molecule has 10 heavy (non-hydrogen) atoms. The lowest BCUT2D eigenvalue weighted by atomic mass is 10.4. The molecule has 0 aromatic rings. The van der Waals surface area contributed by atoms with E-state index in [1.807, 2.05) is 6.92 Å². The van der Waals surface area contributed by atoms with Crippen LogP contribution in [0.15, 0.2) is 24.3 Å². The molecule has 0 aliphatic rings. The maximum Gasteiger partial charge on any atom is 0.200 e. The Labute approximate surface area is 61.2 Å². The van der Waals surface area contributed by atoms with Gasteiger partial charge in [0.1, 0.15) is 5.85 Å². The minimum atomic E-state index is -2.24. The van der Waals surface area contributed by atoms with E-state index in [0.29, 0.717) is 0 Å². The van der Waals surface area contributed by atoms with Crippen molar-refractivity contribution < 1.29 is 14.9 Å². The second-order valence-electron chi connectivity index (χ2n) is 1.64. The van der Waals surface area contributed by atoms with E-state index in [0.717, 1.165) is 0 Å². The average Bonchev–Trinajstić information content (AvgIpc) is 1.88. The van der Waals surface area contributed by atoms with Crippen LogP contribution < -0.4 is 0 Å². The van der Waals surface area contributed by atoms with Gasteiger partial charge in [-0.05, 0) is 13.0 Å².